The van der Waals surface area contributed by atoms with E-state index in [1.807, 2.05) is 13.0 Å². The van der Waals surface area contributed by atoms with Crippen molar-refractivity contribution >= 4 is 39.8 Å². The van der Waals surface area contributed by atoms with Gasteiger partial charge < -0.3 is 10.6 Å². The van der Waals surface area contributed by atoms with Gasteiger partial charge in [0.2, 0.25) is 0 Å². The number of rotatable bonds is 7. The quantitative estimate of drug-likeness (QED) is 0.315. The molecule has 0 aliphatic rings. The lowest BCUT2D eigenvalue weighted by Crippen LogP contribution is -2.37. The number of halogens is 3. The number of nitrogens with one attached hydrogen (secondary N) is 2. The molecule has 0 heterocycles. The van der Waals surface area contributed by atoms with Crippen LogP contribution in [-0.4, -0.2) is 27.2 Å². The van der Waals surface area contributed by atoms with Gasteiger partial charge in [-0.05, 0) is 42.3 Å². The van der Waals surface area contributed by atoms with Crippen molar-refractivity contribution in [1.29, 1.82) is 5.26 Å². The van der Waals surface area contributed by atoms with Gasteiger partial charge in [0.25, 0.3) is 0 Å². The summed E-state index contributed by atoms with van der Waals surface area (Å²) < 4.78 is 50.9. The highest BCUT2D eigenvalue weighted by Crippen LogP contribution is 2.16. The molecule has 30 heavy (non-hydrogen) atoms. The Kier molecular flexibility index (Phi) is 10.1. The molecule has 2 N–H and O–H groups in total. The summed E-state index contributed by atoms with van der Waals surface area (Å²) >= 11 is 0. The van der Waals surface area contributed by atoms with Crippen molar-refractivity contribution in [1.82, 2.24) is 10.6 Å². The van der Waals surface area contributed by atoms with Crippen molar-refractivity contribution in [3.8, 4) is 6.07 Å². The van der Waals surface area contributed by atoms with Gasteiger partial charge in [-0.25, -0.2) is 22.2 Å². The van der Waals surface area contributed by atoms with Crippen LogP contribution in [0.4, 0.5) is 8.78 Å². The molecule has 2 aromatic carbocycles. The largest absolute Gasteiger partial charge is 0.357 e. The van der Waals surface area contributed by atoms with Crippen LogP contribution in [0.25, 0.3) is 0 Å². The van der Waals surface area contributed by atoms with Gasteiger partial charge in [0.05, 0.1) is 23.9 Å². The lowest BCUT2D eigenvalue weighted by Gasteiger charge is -2.13. The number of sulfone groups is 1. The van der Waals surface area contributed by atoms with E-state index in [1.165, 1.54) is 30.3 Å². The Labute approximate surface area is 192 Å². The Morgan fingerprint density at radius 3 is 2.40 bits per heavy atom. The molecule has 0 amide bonds. The monoisotopic (exact) mass is 548 g/mol. The lowest BCUT2D eigenvalue weighted by molar-refractivity contribution is 0.600. The first-order valence-electron chi connectivity index (χ1n) is 8.87. The van der Waals surface area contributed by atoms with Crippen molar-refractivity contribution in [3.05, 3.63) is 70.3 Å². The molecule has 0 atom stereocenters. The predicted octanol–water partition coefficient (Wildman–Crippen LogP) is 3.25. The molecule has 10 heteroatoms. The standard InChI is InChI=1S/C20H22F2N4O2S.HI/c1-3-24-20(25-11-15-5-4-14(10-23)8-19(15)22)26-12-17-9-18(21)7-6-16(17)13-29(2,27)28;/h4-9H,3,11-13H2,1-2H3,(H2,24,25,26);1H. The molecule has 0 saturated heterocycles. The fourth-order valence-corrected chi connectivity index (χ4v) is 3.46. The van der Waals surface area contributed by atoms with Gasteiger partial charge in [0.1, 0.15) is 11.6 Å². The molecule has 2 rings (SSSR count). The molecule has 0 aromatic heterocycles. The van der Waals surface area contributed by atoms with Gasteiger partial charge in [-0.3, -0.25) is 0 Å². The van der Waals surface area contributed by atoms with E-state index in [1.54, 1.807) is 0 Å². The zero-order chi connectivity index (χ0) is 21.4. The second-order valence-corrected chi connectivity index (χ2v) is 8.59. The normalized spacial score (nSPS) is 11.4. The summed E-state index contributed by atoms with van der Waals surface area (Å²) in [6.07, 6.45) is 1.11. The Hall–Kier alpha value is -2.26. The van der Waals surface area contributed by atoms with E-state index >= 15 is 0 Å². The van der Waals surface area contributed by atoms with E-state index in [-0.39, 0.29) is 48.4 Å². The smallest absolute Gasteiger partial charge is 0.191 e. The third-order valence-corrected chi connectivity index (χ3v) is 4.80. The van der Waals surface area contributed by atoms with E-state index < -0.39 is 21.5 Å². The molecular formula is C20H23F2IN4O2S. The average molecular weight is 548 g/mol. The maximum absolute atomic E-state index is 14.0. The summed E-state index contributed by atoms with van der Waals surface area (Å²) in [7, 11) is -3.28. The van der Waals surface area contributed by atoms with Crippen LogP contribution in [0.2, 0.25) is 0 Å². The second-order valence-electron chi connectivity index (χ2n) is 6.45. The number of aliphatic imine (C=N–C) groups is 1. The van der Waals surface area contributed by atoms with Gasteiger partial charge in [0, 0.05) is 24.9 Å². The number of nitrogens with zero attached hydrogens (tertiary/aromatic N) is 2. The summed E-state index contributed by atoms with van der Waals surface area (Å²) in [5, 5.41) is 14.8. The Morgan fingerprint density at radius 1 is 1.10 bits per heavy atom. The highest BCUT2D eigenvalue weighted by atomic mass is 127. The lowest BCUT2D eigenvalue weighted by atomic mass is 10.1. The Morgan fingerprint density at radius 2 is 1.80 bits per heavy atom. The van der Waals surface area contributed by atoms with Crippen molar-refractivity contribution in [2.45, 2.75) is 25.8 Å². The number of benzene rings is 2. The molecular weight excluding hydrogens is 525 g/mol. The second kappa shape index (κ2) is 11.8. The van der Waals surface area contributed by atoms with Crippen LogP contribution < -0.4 is 10.6 Å². The molecule has 0 radical (unpaired) electrons. The number of hydrogen-bond acceptors (Lipinski definition) is 4. The van der Waals surface area contributed by atoms with E-state index in [4.69, 9.17) is 5.26 Å². The number of guanidine groups is 1. The first-order chi connectivity index (χ1) is 13.7. The van der Waals surface area contributed by atoms with Gasteiger partial charge in [0.15, 0.2) is 15.8 Å². The number of hydrogen-bond donors (Lipinski definition) is 2. The van der Waals surface area contributed by atoms with Crippen LogP contribution in [0, 0.1) is 23.0 Å². The fraction of sp³-hybridized carbons (Fsp3) is 0.300. The van der Waals surface area contributed by atoms with Crippen LogP contribution in [-0.2, 0) is 28.7 Å². The summed E-state index contributed by atoms with van der Waals surface area (Å²) in [5.74, 6) is -0.831. The third kappa shape index (κ3) is 8.23. The summed E-state index contributed by atoms with van der Waals surface area (Å²) in [6.45, 7) is 2.58. The minimum Gasteiger partial charge on any atom is -0.357 e. The first-order valence-corrected chi connectivity index (χ1v) is 10.9. The van der Waals surface area contributed by atoms with E-state index in [0.717, 1.165) is 12.3 Å². The molecule has 0 spiro atoms. The van der Waals surface area contributed by atoms with E-state index in [2.05, 4.69) is 15.6 Å². The highest BCUT2D eigenvalue weighted by Gasteiger charge is 2.11. The fourth-order valence-electron chi connectivity index (χ4n) is 2.61. The average Bonchev–Trinajstić information content (AvgIpc) is 2.65. The molecule has 0 bridgehead atoms. The minimum atomic E-state index is -3.28. The van der Waals surface area contributed by atoms with Gasteiger partial charge in [-0.15, -0.1) is 24.0 Å². The molecule has 0 saturated carbocycles. The molecule has 6 nitrogen and oxygen atoms in total. The van der Waals surface area contributed by atoms with Crippen molar-refractivity contribution in [2.75, 3.05) is 12.8 Å². The maximum Gasteiger partial charge on any atom is 0.191 e. The predicted molar refractivity (Wildman–Crippen MR) is 123 cm³/mol. The summed E-state index contributed by atoms with van der Waals surface area (Å²) in [4.78, 5) is 4.35. The first kappa shape index (κ1) is 25.8. The third-order valence-electron chi connectivity index (χ3n) is 3.97. The van der Waals surface area contributed by atoms with Crippen LogP contribution in [0.15, 0.2) is 41.4 Å². The molecule has 0 aliphatic heterocycles. The Balaban J connectivity index is 0.00000450. The van der Waals surface area contributed by atoms with Gasteiger partial charge >= 0.3 is 0 Å². The highest BCUT2D eigenvalue weighted by molar-refractivity contribution is 14.0. The van der Waals surface area contributed by atoms with Crippen molar-refractivity contribution in [3.63, 3.8) is 0 Å². The van der Waals surface area contributed by atoms with E-state index in [9.17, 15) is 17.2 Å². The van der Waals surface area contributed by atoms with Crippen molar-refractivity contribution in [2.24, 2.45) is 4.99 Å². The minimum absolute atomic E-state index is 0. The molecule has 0 unspecified atom stereocenters. The SMILES string of the molecule is CCNC(=NCc1cc(F)ccc1CS(C)(=O)=O)NCc1ccc(C#N)cc1F.I. The Bertz CT molecular complexity index is 1050. The van der Waals surface area contributed by atoms with Crippen LogP contribution in [0.5, 0.6) is 0 Å². The van der Waals surface area contributed by atoms with Crippen molar-refractivity contribution < 1.29 is 17.2 Å². The molecule has 2 aromatic rings. The molecule has 0 fully saturated rings. The van der Waals surface area contributed by atoms with Crippen LogP contribution in [0.3, 0.4) is 0 Å². The van der Waals surface area contributed by atoms with Gasteiger partial charge in [-0.1, -0.05) is 12.1 Å². The zero-order valence-electron chi connectivity index (χ0n) is 16.6. The summed E-state index contributed by atoms with van der Waals surface area (Å²) in [6, 6.07) is 9.98. The molecule has 162 valence electrons. The van der Waals surface area contributed by atoms with Crippen LogP contribution in [0.1, 0.15) is 29.2 Å². The molecule has 0 aliphatic carbocycles. The number of nitriles is 1. The van der Waals surface area contributed by atoms with Crippen LogP contribution >= 0.6 is 24.0 Å². The van der Waals surface area contributed by atoms with E-state index in [0.29, 0.717) is 29.2 Å². The zero-order valence-corrected chi connectivity index (χ0v) is 19.7. The maximum atomic E-state index is 14.0. The topological polar surface area (TPSA) is 94.3 Å². The van der Waals surface area contributed by atoms with Gasteiger partial charge in [-0.2, -0.15) is 5.26 Å². The summed E-state index contributed by atoms with van der Waals surface area (Å²) in [5.41, 5.74) is 1.53.